The maximum absolute atomic E-state index is 13.1. The first kappa shape index (κ1) is 14.8. The van der Waals surface area contributed by atoms with Crippen molar-refractivity contribution in [3.05, 3.63) is 52.7 Å². The van der Waals surface area contributed by atoms with Gasteiger partial charge in [0.25, 0.3) is 0 Å². The highest BCUT2D eigenvalue weighted by atomic mass is 16.5. The molecule has 2 aromatic heterocycles. The van der Waals surface area contributed by atoms with Crippen LogP contribution in [0.15, 0.2) is 30.1 Å². The van der Waals surface area contributed by atoms with E-state index in [1.807, 2.05) is 38.2 Å². The normalized spacial score (nSPS) is 16.0. The number of ether oxygens (including phenoxy) is 1. The molecule has 0 aliphatic heterocycles. The zero-order valence-electron chi connectivity index (χ0n) is 14.0. The van der Waals surface area contributed by atoms with Crippen LogP contribution < -0.4 is 4.74 Å². The van der Waals surface area contributed by atoms with Crippen molar-refractivity contribution in [2.45, 2.75) is 19.8 Å². The Kier molecular flexibility index (Phi) is 3.30. The van der Waals surface area contributed by atoms with E-state index in [0.29, 0.717) is 0 Å². The van der Waals surface area contributed by atoms with Crippen LogP contribution in [-0.4, -0.2) is 27.4 Å². The highest BCUT2D eigenvalue weighted by molar-refractivity contribution is 6.20. The van der Waals surface area contributed by atoms with Crippen LogP contribution in [0, 0.1) is 6.92 Å². The molecule has 0 amide bonds. The van der Waals surface area contributed by atoms with Gasteiger partial charge in [0, 0.05) is 34.9 Å². The van der Waals surface area contributed by atoms with Crippen molar-refractivity contribution in [3.8, 4) is 5.75 Å². The number of carbonyl (C=O) groups excluding carboxylic acids is 1. The minimum absolute atomic E-state index is 0.0949. The molecule has 0 saturated heterocycles. The molecule has 122 valence electrons. The number of aromatic nitrogens is 3. The highest BCUT2D eigenvalue weighted by Gasteiger charge is 2.28. The summed E-state index contributed by atoms with van der Waals surface area (Å²) in [4.78, 5) is 20.5. The Bertz CT molecular complexity index is 992. The molecule has 0 bridgehead atoms. The smallest absolute Gasteiger partial charge is 0.191 e. The van der Waals surface area contributed by atoms with E-state index in [0.717, 1.165) is 57.7 Å². The number of hydrogen-bond donors (Lipinski definition) is 1. The minimum Gasteiger partial charge on any atom is -0.497 e. The molecule has 5 heteroatoms. The number of methoxy groups -OCH3 is 1. The van der Waals surface area contributed by atoms with E-state index in [1.54, 1.807) is 13.4 Å². The predicted molar refractivity (Wildman–Crippen MR) is 93.4 cm³/mol. The molecule has 1 aliphatic carbocycles. The zero-order valence-corrected chi connectivity index (χ0v) is 14.0. The zero-order chi connectivity index (χ0) is 16.8. The van der Waals surface area contributed by atoms with Crippen molar-refractivity contribution in [2.75, 3.05) is 7.11 Å². The fourth-order valence-corrected chi connectivity index (χ4v) is 3.49. The van der Waals surface area contributed by atoms with E-state index < -0.39 is 0 Å². The van der Waals surface area contributed by atoms with E-state index in [-0.39, 0.29) is 5.78 Å². The molecule has 5 nitrogen and oxygen atoms in total. The number of hydrogen-bond acceptors (Lipinski definition) is 3. The van der Waals surface area contributed by atoms with Gasteiger partial charge < -0.3 is 14.3 Å². The highest BCUT2D eigenvalue weighted by Crippen LogP contribution is 2.35. The minimum atomic E-state index is 0.0949. The number of H-pyrrole nitrogens is 1. The van der Waals surface area contributed by atoms with Gasteiger partial charge >= 0.3 is 0 Å². The number of Topliss-reactive ketones (excluding diaryl/α,β-unsaturated/α-hetero) is 1. The van der Waals surface area contributed by atoms with Crippen LogP contribution in [0.3, 0.4) is 0 Å². The Hall–Kier alpha value is -2.82. The van der Waals surface area contributed by atoms with Crippen molar-refractivity contribution < 1.29 is 9.53 Å². The first-order valence-corrected chi connectivity index (χ1v) is 8.00. The molecule has 3 aromatic rings. The SMILES string of the molecule is COc1ccc2c(c1)c1c(n2C)CC/C(=C\c2nc[nH]c2C)C1=O. The Balaban J connectivity index is 1.89. The number of nitrogens with one attached hydrogen (secondary N) is 1. The molecule has 0 fully saturated rings. The average Bonchev–Trinajstić information content (AvgIpc) is 3.12. The van der Waals surface area contributed by atoms with Gasteiger partial charge in [0.15, 0.2) is 5.78 Å². The largest absolute Gasteiger partial charge is 0.497 e. The van der Waals surface area contributed by atoms with E-state index in [2.05, 4.69) is 14.5 Å². The maximum atomic E-state index is 13.1. The second-order valence-corrected chi connectivity index (χ2v) is 6.18. The van der Waals surface area contributed by atoms with Gasteiger partial charge in [-0.2, -0.15) is 0 Å². The van der Waals surface area contributed by atoms with Crippen molar-refractivity contribution in [1.29, 1.82) is 0 Å². The molecule has 0 saturated carbocycles. The molecular formula is C19H19N3O2. The summed E-state index contributed by atoms with van der Waals surface area (Å²) in [7, 11) is 3.66. The molecule has 4 rings (SSSR count). The monoisotopic (exact) mass is 321 g/mol. The summed E-state index contributed by atoms with van der Waals surface area (Å²) in [6, 6.07) is 5.90. The number of aryl methyl sites for hydroxylation is 2. The standard InChI is InChI=1S/C19H19N3O2/c1-11-15(21-10-20-11)8-12-4-6-17-18(19(12)23)14-9-13(24-3)5-7-16(14)22(17)2/h5,7-10H,4,6H2,1-3H3,(H,20,21)/b12-8+. The summed E-state index contributed by atoms with van der Waals surface area (Å²) in [6.07, 6.45) is 5.16. The van der Waals surface area contributed by atoms with Crippen LogP contribution in [-0.2, 0) is 13.5 Å². The number of aromatic amines is 1. The lowest BCUT2D eigenvalue weighted by molar-refractivity contribution is 0.102. The predicted octanol–water partition coefficient (Wildman–Crippen LogP) is 3.43. The van der Waals surface area contributed by atoms with Gasteiger partial charge in [0.05, 0.1) is 24.7 Å². The number of fused-ring (bicyclic) bond motifs is 3. The Labute approximate surface area is 140 Å². The van der Waals surface area contributed by atoms with Crippen molar-refractivity contribution in [1.82, 2.24) is 14.5 Å². The molecule has 0 spiro atoms. The quantitative estimate of drug-likeness (QED) is 0.736. The van der Waals surface area contributed by atoms with Crippen molar-refractivity contribution >= 4 is 22.8 Å². The lowest BCUT2D eigenvalue weighted by Gasteiger charge is -2.16. The van der Waals surface area contributed by atoms with E-state index >= 15 is 0 Å². The molecule has 1 aromatic carbocycles. The third-order valence-electron chi connectivity index (χ3n) is 4.86. The molecule has 1 N–H and O–H groups in total. The fourth-order valence-electron chi connectivity index (χ4n) is 3.49. The van der Waals surface area contributed by atoms with Crippen LogP contribution >= 0.6 is 0 Å². The lowest BCUT2D eigenvalue weighted by Crippen LogP contribution is -2.15. The number of carbonyl (C=O) groups is 1. The second kappa shape index (κ2) is 5.37. The molecule has 0 unspecified atom stereocenters. The second-order valence-electron chi connectivity index (χ2n) is 6.18. The summed E-state index contributed by atoms with van der Waals surface area (Å²) in [5, 5.41) is 0.959. The van der Waals surface area contributed by atoms with Gasteiger partial charge in [-0.3, -0.25) is 4.79 Å². The van der Waals surface area contributed by atoms with E-state index in [9.17, 15) is 4.79 Å². The van der Waals surface area contributed by atoms with E-state index in [4.69, 9.17) is 4.74 Å². The molecule has 2 heterocycles. The molecule has 0 atom stereocenters. The Morgan fingerprint density at radius 1 is 1.33 bits per heavy atom. The number of imidazole rings is 1. The summed E-state index contributed by atoms with van der Waals surface area (Å²) in [5.41, 5.74) is 5.58. The number of nitrogens with zero attached hydrogens (tertiary/aromatic N) is 2. The van der Waals surface area contributed by atoms with Gasteiger partial charge in [0.1, 0.15) is 5.75 Å². The number of ketones is 1. The topological polar surface area (TPSA) is 59.9 Å². The fraction of sp³-hybridized carbons (Fsp3) is 0.263. The van der Waals surface area contributed by atoms with Crippen molar-refractivity contribution in [3.63, 3.8) is 0 Å². The maximum Gasteiger partial charge on any atom is 0.191 e. The van der Waals surface area contributed by atoms with Gasteiger partial charge in [-0.1, -0.05) is 0 Å². The summed E-state index contributed by atoms with van der Waals surface area (Å²) < 4.78 is 7.46. The lowest BCUT2D eigenvalue weighted by atomic mass is 9.89. The first-order valence-electron chi connectivity index (χ1n) is 8.00. The van der Waals surface area contributed by atoms with Crippen molar-refractivity contribution in [2.24, 2.45) is 7.05 Å². The summed E-state index contributed by atoms with van der Waals surface area (Å²) >= 11 is 0. The van der Waals surface area contributed by atoms with Gasteiger partial charge in [0.2, 0.25) is 0 Å². The van der Waals surface area contributed by atoms with Crippen LogP contribution in [0.4, 0.5) is 0 Å². The summed E-state index contributed by atoms with van der Waals surface area (Å²) in [5.74, 6) is 0.862. The van der Waals surface area contributed by atoms with Gasteiger partial charge in [-0.15, -0.1) is 0 Å². The van der Waals surface area contributed by atoms with E-state index in [1.165, 1.54) is 0 Å². The number of benzene rings is 1. The van der Waals surface area contributed by atoms with Crippen LogP contribution in [0.1, 0.15) is 33.9 Å². The Morgan fingerprint density at radius 2 is 2.17 bits per heavy atom. The van der Waals surface area contributed by atoms with Crippen LogP contribution in [0.25, 0.3) is 17.0 Å². The molecular weight excluding hydrogens is 302 g/mol. The number of allylic oxidation sites excluding steroid dienone is 1. The Morgan fingerprint density at radius 3 is 2.88 bits per heavy atom. The van der Waals surface area contributed by atoms with Gasteiger partial charge in [-0.25, -0.2) is 4.98 Å². The first-order chi connectivity index (χ1) is 11.6. The summed E-state index contributed by atoms with van der Waals surface area (Å²) in [6.45, 7) is 1.96. The number of rotatable bonds is 2. The molecule has 0 radical (unpaired) electrons. The molecule has 24 heavy (non-hydrogen) atoms. The third kappa shape index (κ3) is 2.08. The third-order valence-corrected chi connectivity index (χ3v) is 4.86. The van der Waals surface area contributed by atoms with Gasteiger partial charge in [-0.05, 0) is 44.0 Å². The van der Waals surface area contributed by atoms with Crippen LogP contribution in [0.5, 0.6) is 5.75 Å². The molecule has 1 aliphatic rings. The average molecular weight is 321 g/mol. The van der Waals surface area contributed by atoms with Crippen LogP contribution in [0.2, 0.25) is 0 Å².